The smallest absolute Gasteiger partial charge is 0.273 e. The Hall–Kier alpha value is -2.53. The first-order valence-corrected chi connectivity index (χ1v) is 6.90. The molecule has 2 rings (SSSR count). The minimum Gasteiger partial charge on any atom is -0.496 e. The van der Waals surface area contributed by atoms with E-state index in [-0.39, 0.29) is 5.56 Å². The highest BCUT2D eigenvalue weighted by Gasteiger charge is 2.14. The van der Waals surface area contributed by atoms with Gasteiger partial charge in [-0.2, -0.15) is 0 Å². The van der Waals surface area contributed by atoms with Crippen molar-refractivity contribution in [2.45, 2.75) is 6.92 Å². The van der Waals surface area contributed by atoms with Crippen molar-refractivity contribution < 1.29 is 14.3 Å². The number of carbonyl (C=O) groups is 2. The third-order valence-electron chi connectivity index (χ3n) is 2.98. The lowest BCUT2D eigenvalue weighted by Gasteiger charge is -2.11. The molecule has 0 unspecified atom stereocenters. The second-order valence-corrected chi connectivity index (χ2v) is 5.06. The van der Waals surface area contributed by atoms with Crippen LogP contribution in [0.25, 0.3) is 0 Å². The van der Waals surface area contributed by atoms with Gasteiger partial charge in [0.05, 0.1) is 12.7 Å². The van der Waals surface area contributed by atoms with E-state index >= 15 is 0 Å². The van der Waals surface area contributed by atoms with Crippen LogP contribution in [0.2, 0.25) is 5.02 Å². The number of ether oxygens (including phenoxy) is 1. The van der Waals surface area contributed by atoms with Gasteiger partial charge < -0.3 is 4.74 Å². The zero-order chi connectivity index (χ0) is 16.1. The summed E-state index contributed by atoms with van der Waals surface area (Å²) in [7, 11) is 1.44. The summed E-state index contributed by atoms with van der Waals surface area (Å²) < 4.78 is 5.10. The van der Waals surface area contributed by atoms with Crippen LogP contribution in [0.1, 0.15) is 26.3 Å². The highest BCUT2D eigenvalue weighted by Crippen LogP contribution is 2.22. The van der Waals surface area contributed by atoms with E-state index < -0.39 is 11.8 Å². The summed E-state index contributed by atoms with van der Waals surface area (Å²) >= 11 is 5.84. The van der Waals surface area contributed by atoms with Crippen LogP contribution in [-0.4, -0.2) is 18.9 Å². The highest BCUT2D eigenvalue weighted by molar-refractivity contribution is 6.30. The summed E-state index contributed by atoms with van der Waals surface area (Å²) in [4.78, 5) is 24.1. The molecule has 5 nitrogen and oxygen atoms in total. The maximum Gasteiger partial charge on any atom is 0.273 e. The molecular formula is C16H15ClN2O3. The monoisotopic (exact) mass is 318 g/mol. The molecule has 0 aliphatic heterocycles. The standard InChI is InChI=1S/C16H15ClN2O3/c1-10-4-3-5-11(8-10)15(20)18-19-16(21)13-7-6-12(17)9-14(13)22-2/h3-9H,1-2H3,(H,18,20)(H,19,21). The van der Waals surface area contributed by atoms with Gasteiger partial charge in [0.2, 0.25) is 0 Å². The van der Waals surface area contributed by atoms with Crippen molar-refractivity contribution in [3.63, 3.8) is 0 Å². The van der Waals surface area contributed by atoms with Gasteiger partial charge in [-0.1, -0.05) is 29.3 Å². The van der Waals surface area contributed by atoms with Gasteiger partial charge in [-0.25, -0.2) is 0 Å². The largest absolute Gasteiger partial charge is 0.496 e. The predicted octanol–water partition coefficient (Wildman–Crippen LogP) is 2.73. The quantitative estimate of drug-likeness (QED) is 0.855. The van der Waals surface area contributed by atoms with Gasteiger partial charge in [0, 0.05) is 10.6 Å². The SMILES string of the molecule is COc1cc(Cl)ccc1C(=O)NNC(=O)c1cccc(C)c1. The zero-order valence-corrected chi connectivity index (χ0v) is 12.9. The number of methoxy groups -OCH3 is 1. The fourth-order valence-electron chi connectivity index (χ4n) is 1.89. The molecule has 2 aromatic rings. The molecule has 0 atom stereocenters. The van der Waals surface area contributed by atoms with Crippen LogP contribution in [-0.2, 0) is 0 Å². The third kappa shape index (κ3) is 3.77. The minimum absolute atomic E-state index is 0.274. The van der Waals surface area contributed by atoms with Crippen molar-refractivity contribution >= 4 is 23.4 Å². The average molecular weight is 319 g/mol. The van der Waals surface area contributed by atoms with E-state index in [2.05, 4.69) is 10.9 Å². The molecule has 6 heteroatoms. The lowest BCUT2D eigenvalue weighted by atomic mass is 10.1. The van der Waals surface area contributed by atoms with Crippen molar-refractivity contribution in [2.75, 3.05) is 7.11 Å². The summed E-state index contributed by atoms with van der Waals surface area (Å²) in [6, 6.07) is 11.7. The molecule has 0 saturated carbocycles. The molecule has 2 aromatic carbocycles. The Morgan fingerprint density at radius 1 is 1.05 bits per heavy atom. The Morgan fingerprint density at radius 3 is 2.45 bits per heavy atom. The second-order valence-electron chi connectivity index (χ2n) is 4.62. The Balaban J connectivity index is 2.05. The number of amides is 2. The Kier molecular flexibility index (Phi) is 5.01. The molecule has 0 radical (unpaired) electrons. The molecule has 2 N–H and O–H groups in total. The maximum atomic E-state index is 12.1. The summed E-state index contributed by atoms with van der Waals surface area (Å²) in [6.45, 7) is 1.88. The first-order valence-electron chi connectivity index (χ1n) is 6.52. The fourth-order valence-corrected chi connectivity index (χ4v) is 2.05. The molecule has 0 aliphatic rings. The summed E-state index contributed by atoms with van der Waals surface area (Å²) in [5.74, 6) is -0.561. The predicted molar refractivity (Wildman–Crippen MR) is 84.1 cm³/mol. The van der Waals surface area contributed by atoms with Gasteiger partial charge in [0.1, 0.15) is 5.75 Å². The van der Waals surface area contributed by atoms with Crippen molar-refractivity contribution in [1.29, 1.82) is 0 Å². The van der Waals surface area contributed by atoms with Crippen molar-refractivity contribution in [1.82, 2.24) is 10.9 Å². The highest BCUT2D eigenvalue weighted by atomic mass is 35.5. The lowest BCUT2D eigenvalue weighted by Crippen LogP contribution is -2.41. The number of hydrogen-bond donors (Lipinski definition) is 2. The number of hydrazine groups is 1. The van der Waals surface area contributed by atoms with Gasteiger partial charge in [0.15, 0.2) is 0 Å². The van der Waals surface area contributed by atoms with Crippen LogP contribution < -0.4 is 15.6 Å². The Bertz CT molecular complexity index is 716. The summed E-state index contributed by atoms with van der Waals surface area (Å²) in [5.41, 5.74) is 6.41. The van der Waals surface area contributed by atoms with E-state index in [4.69, 9.17) is 16.3 Å². The Labute approximate surface area is 133 Å². The number of carbonyl (C=O) groups excluding carboxylic acids is 2. The molecule has 0 aromatic heterocycles. The first kappa shape index (κ1) is 15.9. The molecular weight excluding hydrogens is 304 g/mol. The number of nitrogens with one attached hydrogen (secondary N) is 2. The second kappa shape index (κ2) is 6.95. The van der Waals surface area contributed by atoms with E-state index in [9.17, 15) is 9.59 Å². The number of halogens is 1. The minimum atomic E-state index is -0.491. The number of benzene rings is 2. The zero-order valence-electron chi connectivity index (χ0n) is 12.1. The molecule has 0 saturated heterocycles. The van der Waals surface area contributed by atoms with E-state index in [0.717, 1.165) is 5.56 Å². The molecule has 0 bridgehead atoms. The summed E-state index contributed by atoms with van der Waals surface area (Å²) in [6.07, 6.45) is 0. The van der Waals surface area contributed by atoms with Gasteiger partial charge in [-0.3, -0.25) is 20.4 Å². The number of aryl methyl sites for hydroxylation is 1. The summed E-state index contributed by atoms with van der Waals surface area (Å²) in [5, 5.41) is 0.456. The van der Waals surface area contributed by atoms with Crippen LogP contribution in [0.4, 0.5) is 0 Å². The van der Waals surface area contributed by atoms with Gasteiger partial charge in [0.25, 0.3) is 11.8 Å². The molecule has 0 aliphatic carbocycles. The van der Waals surface area contributed by atoms with Crippen molar-refractivity contribution in [3.8, 4) is 5.75 Å². The van der Waals surface area contributed by atoms with Gasteiger partial charge in [-0.15, -0.1) is 0 Å². The van der Waals surface area contributed by atoms with Crippen LogP contribution >= 0.6 is 11.6 Å². The van der Waals surface area contributed by atoms with Crippen LogP contribution in [0, 0.1) is 6.92 Å². The van der Waals surface area contributed by atoms with Crippen LogP contribution in [0.3, 0.4) is 0 Å². The van der Waals surface area contributed by atoms with Crippen LogP contribution in [0.5, 0.6) is 5.75 Å². The fraction of sp³-hybridized carbons (Fsp3) is 0.125. The van der Waals surface area contributed by atoms with Gasteiger partial charge >= 0.3 is 0 Å². The van der Waals surface area contributed by atoms with E-state index in [1.165, 1.54) is 19.2 Å². The molecule has 2 amide bonds. The Morgan fingerprint density at radius 2 is 1.77 bits per heavy atom. The van der Waals surface area contributed by atoms with Crippen LogP contribution in [0.15, 0.2) is 42.5 Å². The third-order valence-corrected chi connectivity index (χ3v) is 3.21. The van der Waals surface area contributed by atoms with Crippen molar-refractivity contribution in [3.05, 3.63) is 64.2 Å². The molecule has 114 valence electrons. The maximum absolute atomic E-state index is 12.1. The molecule has 0 spiro atoms. The topological polar surface area (TPSA) is 67.4 Å². The van der Waals surface area contributed by atoms with E-state index in [0.29, 0.717) is 16.3 Å². The normalized spacial score (nSPS) is 9.95. The molecule has 22 heavy (non-hydrogen) atoms. The van der Waals surface area contributed by atoms with Crippen molar-refractivity contribution in [2.24, 2.45) is 0 Å². The average Bonchev–Trinajstić information content (AvgIpc) is 2.52. The molecule has 0 heterocycles. The number of rotatable bonds is 3. The van der Waals surface area contributed by atoms with Gasteiger partial charge in [-0.05, 0) is 37.3 Å². The molecule has 0 fully saturated rings. The van der Waals surface area contributed by atoms with E-state index in [1.807, 2.05) is 13.0 Å². The number of hydrogen-bond acceptors (Lipinski definition) is 3. The van der Waals surface area contributed by atoms with E-state index in [1.54, 1.807) is 24.3 Å². The lowest BCUT2D eigenvalue weighted by molar-refractivity contribution is 0.0845. The first-order chi connectivity index (χ1) is 10.5.